The fourth-order valence-electron chi connectivity index (χ4n) is 3.87. The van der Waals surface area contributed by atoms with Crippen LogP contribution >= 0.6 is 11.6 Å². The van der Waals surface area contributed by atoms with Gasteiger partial charge in [0.15, 0.2) is 0 Å². The maximum Gasteiger partial charge on any atom is 0.264 e. The molecule has 29 heavy (non-hydrogen) atoms. The van der Waals surface area contributed by atoms with Crippen LogP contribution in [-0.2, 0) is 17.1 Å². The largest absolute Gasteiger partial charge is 0.350 e. The molecule has 0 saturated carbocycles. The predicted octanol–water partition coefficient (Wildman–Crippen LogP) is 4.42. The Morgan fingerprint density at radius 1 is 1.03 bits per heavy atom. The second-order valence-corrected chi connectivity index (χ2v) is 9.76. The molecule has 1 aliphatic rings. The molecule has 1 amide bonds. The van der Waals surface area contributed by atoms with Crippen LogP contribution < -0.4 is 4.72 Å². The van der Waals surface area contributed by atoms with Gasteiger partial charge in [-0.2, -0.15) is 0 Å². The summed E-state index contributed by atoms with van der Waals surface area (Å²) in [4.78, 5) is 15.2. The number of aryl methyl sites for hydroxylation is 1. The lowest BCUT2D eigenvalue weighted by Crippen LogP contribution is -2.33. The first-order valence-corrected chi connectivity index (χ1v) is 11.7. The SMILES string of the molecule is Cc1cc(Cl)ccc1NS(=O)(=O)c1c(C(=O)N2CCCCCC2)c(C)n(C)c1C. The molecular weight excluding hydrogens is 410 g/mol. The van der Waals surface area contributed by atoms with Crippen molar-refractivity contribution in [2.75, 3.05) is 17.8 Å². The summed E-state index contributed by atoms with van der Waals surface area (Å²) in [6.07, 6.45) is 4.08. The molecule has 2 aromatic rings. The van der Waals surface area contributed by atoms with Gasteiger partial charge in [-0.1, -0.05) is 24.4 Å². The summed E-state index contributed by atoms with van der Waals surface area (Å²) >= 11 is 5.99. The minimum atomic E-state index is -3.97. The summed E-state index contributed by atoms with van der Waals surface area (Å²) in [7, 11) is -2.18. The van der Waals surface area contributed by atoms with Crippen LogP contribution in [0, 0.1) is 20.8 Å². The number of hydrogen-bond acceptors (Lipinski definition) is 3. The lowest BCUT2D eigenvalue weighted by molar-refractivity contribution is 0.0757. The van der Waals surface area contributed by atoms with Crippen LogP contribution in [-0.4, -0.2) is 36.9 Å². The third-order valence-corrected chi connectivity index (χ3v) is 7.49. The van der Waals surface area contributed by atoms with Crippen molar-refractivity contribution in [3.05, 3.63) is 45.7 Å². The van der Waals surface area contributed by atoms with Crippen LogP contribution in [0.5, 0.6) is 0 Å². The number of carbonyl (C=O) groups is 1. The third-order valence-electron chi connectivity index (χ3n) is 5.73. The Balaban J connectivity index is 2.06. The molecule has 158 valence electrons. The van der Waals surface area contributed by atoms with Crippen LogP contribution in [0.25, 0.3) is 0 Å². The van der Waals surface area contributed by atoms with Crippen LogP contribution in [0.4, 0.5) is 5.69 Å². The van der Waals surface area contributed by atoms with E-state index in [4.69, 9.17) is 11.6 Å². The molecule has 0 aliphatic carbocycles. The summed E-state index contributed by atoms with van der Waals surface area (Å²) in [5, 5.41) is 0.536. The van der Waals surface area contributed by atoms with E-state index in [1.807, 2.05) is 0 Å². The molecular formula is C21H28ClN3O3S. The van der Waals surface area contributed by atoms with Gasteiger partial charge in [-0.05, 0) is 57.4 Å². The van der Waals surface area contributed by atoms with E-state index < -0.39 is 10.0 Å². The van der Waals surface area contributed by atoms with E-state index in [9.17, 15) is 13.2 Å². The molecule has 1 aliphatic heterocycles. The molecule has 3 rings (SSSR count). The van der Waals surface area contributed by atoms with Gasteiger partial charge in [0.05, 0.1) is 11.3 Å². The molecule has 1 saturated heterocycles. The standard InChI is InChI=1S/C21H28ClN3O3S/c1-14-13-17(22)9-10-18(14)23-29(27,28)20-16(3)24(4)15(2)19(20)21(26)25-11-7-5-6-8-12-25/h9-10,13,23H,5-8,11-12H2,1-4H3. The number of hydrogen-bond donors (Lipinski definition) is 1. The van der Waals surface area contributed by atoms with Crippen molar-refractivity contribution in [3.8, 4) is 0 Å². The van der Waals surface area contributed by atoms with Gasteiger partial charge in [0.25, 0.3) is 15.9 Å². The van der Waals surface area contributed by atoms with Gasteiger partial charge in [0.2, 0.25) is 0 Å². The zero-order valence-corrected chi connectivity index (χ0v) is 19.0. The number of nitrogens with zero attached hydrogens (tertiary/aromatic N) is 2. The summed E-state index contributed by atoms with van der Waals surface area (Å²) < 4.78 is 31.2. The topological polar surface area (TPSA) is 71.4 Å². The van der Waals surface area contributed by atoms with E-state index in [0.717, 1.165) is 25.7 Å². The second kappa shape index (κ2) is 8.40. The smallest absolute Gasteiger partial charge is 0.264 e. The lowest BCUT2D eigenvalue weighted by atomic mass is 10.2. The maximum absolute atomic E-state index is 13.4. The van der Waals surface area contributed by atoms with E-state index in [2.05, 4.69) is 4.72 Å². The van der Waals surface area contributed by atoms with Gasteiger partial charge in [-0.25, -0.2) is 8.42 Å². The summed E-state index contributed by atoms with van der Waals surface area (Å²) in [6.45, 7) is 6.64. The van der Waals surface area contributed by atoms with Gasteiger partial charge in [-0.15, -0.1) is 0 Å². The number of anilines is 1. The van der Waals surface area contributed by atoms with Crippen molar-refractivity contribution in [2.24, 2.45) is 7.05 Å². The molecule has 0 bridgehead atoms. The first-order valence-electron chi connectivity index (χ1n) is 9.87. The Morgan fingerprint density at radius 3 is 2.24 bits per heavy atom. The highest BCUT2D eigenvalue weighted by atomic mass is 35.5. The number of amides is 1. The highest BCUT2D eigenvalue weighted by Gasteiger charge is 2.33. The van der Waals surface area contributed by atoms with Crippen molar-refractivity contribution in [2.45, 2.75) is 51.3 Å². The number of nitrogens with one attached hydrogen (secondary N) is 1. The molecule has 1 aromatic carbocycles. The van der Waals surface area contributed by atoms with E-state index in [0.29, 0.717) is 40.8 Å². The molecule has 6 nitrogen and oxygen atoms in total. The Kier molecular flexibility index (Phi) is 6.29. The molecule has 1 fully saturated rings. The van der Waals surface area contributed by atoms with Gasteiger partial charge < -0.3 is 9.47 Å². The minimum Gasteiger partial charge on any atom is -0.350 e. The monoisotopic (exact) mass is 437 g/mol. The van der Waals surface area contributed by atoms with Gasteiger partial charge in [-0.3, -0.25) is 9.52 Å². The molecule has 8 heteroatoms. The number of likely N-dealkylation sites (tertiary alicyclic amines) is 1. The van der Waals surface area contributed by atoms with Crippen LogP contribution in [0.15, 0.2) is 23.1 Å². The van der Waals surface area contributed by atoms with Crippen molar-refractivity contribution in [1.29, 1.82) is 0 Å². The van der Waals surface area contributed by atoms with Crippen molar-refractivity contribution >= 4 is 33.2 Å². The first kappa shape index (κ1) is 21.7. The normalized spacial score (nSPS) is 15.3. The average Bonchev–Trinajstić information content (AvgIpc) is 2.86. The van der Waals surface area contributed by atoms with Crippen molar-refractivity contribution in [1.82, 2.24) is 9.47 Å². The molecule has 0 atom stereocenters. The zero-order valence-electron chi connectivity index (χ0n) is 17.4. The summed E-state index contributed by atoms with van der Waals surface area (Å²) in [6, 6.07) is 4.97. The highest BCUT2D eigenvalue weighted by Crippen LogP contribution is 2.31. The zero-order chi connectivity index (χ0) is 21.3. The van der Waals surface area contributed by atoms with Crippen LogP contribution in [0.2, 0.25) is 5.02 Å². The van der Waals surface area contributed by atoms with E-state index in [-0.39, 0.29) is 16.4 Å². The Bertz CT molecular complexity index is 1040. The number of aromatic nitrogens is 1. The number of sulfonamides is 1. The number of halogens is 1. The highest BCUT2D eigenvalue weighted by molar-refractivity contribution is 7.92. The summed E-state index contributed by atoms with van der Waals surface area (Å²) in [5.41, 5.74) is 2.63. The molecule has 1 aromatic heterocycles. The Morgan fingerprint density at radius 2 is 1.66 bits per heavy atom. The predicted molar refractivity (Wildman–Crippen MR) is 116 cm³/mol. The van der Waals surface area contributed by atoms with Crippen LogP contribution in [0.3, 0.4) is 0 Å². The van der Waals surface area contributed by atoms with Crippen LogP contribution in [0.1, 0.15) is 53.0 Å². The van der Waals surface area contributed by atoms with E-state index in [1.54, 1.807) is 55.5 Å². The third kappa shape index (κ3) is 4.31. The molecule has 0 spiro atoms. The summed E-state index contributed by atoms with van der Waals surface area (Å²) in [5.74, 6) is -0.207. The van der Waals surface area contributed by atoms with E-state index >= 15 is 0 Å². The number of carbonyl (C=O) groups excluding carboxylic acids is 1. The Hall–Kier alpha value is -1.99. The van der Waals surface area contributed by atoms with Gasteiger partial charge in [0.1, 0.15) is 4.90 Å². The quantitative estimate of drug-likeness (QED) is 0.769. The molecule has 0 unspecified atom stereocenters. The van der Waals surface area contributed by atoms with Crippen molar-refractivity contribution in [3.63, 3.8) is 0 Å². The molecule has 2 heterocycles. The maximum atomic E-state index is 13.4. The molecule has 1 N–H and O–H groups in total. The van der Waals surface area contributed by atoms with Gasteiger partial charge in [0, 0.05) is 36.5 Å². The van der Waals surface area contributed by atoms with Crippen molar-refractivity contribution < 1.29 is 13.2 Å². The van der Waals surface area contributed by atoms with Gasteiger partial charge >= 0.3 is 0 Å². The minimum absolute atomic E-state index is 0.0566. The second-order valence-electron chi connectivity index (χ2n) is 7.71. The first-order chi connectivity index (χ1) is 13.6. The average molecular weight is 438 g/mol. The fraction of sp³-hybridized carbons (Fsp3) is 0.476. The fourth-order valence-corrected chi connectivity index (χ4v) is 5.74. The number of benzene rings is 1. The Labute approximate surface area is 177 Å². The van der Waals surface area contributed by atoms with E-state index in [1.165, 1.54) is 0 Å². The number of rotatable bonds is 4. The molecule has 0 radical (unpaired) electrons. The lowest BCUT2D eigenvalue weighted by Gasteiger charge is -2.21.